The summed E-state index contributed by atoms with van der Waals surface area (Å²) in [5.74, 6) is 0.00359. The van der Waals surface area contributed by atoms with E-state index < -0.39 is 11.8 Å². The van der Waals surface area contributed by atoms with Crippen LogP contribution in [-0.2, 0) is 9.59 Å². The van der Waals surface area contributed by atoms with Gasteiger partial charge in [-0.15, -0.1) is 0 Å². The van der Waals surface area contributed by atoms with Gasteiger partial charge in [0.2, 0.25) is 0 Å². The molecule has 6 nitrogen and oxygen atoms in total. The van der Waals surface area contributed by atoms with Gasteiger partial charge in [-0.25, -0.2) is 0 Å². The van der Waals surface area contributed by atoms with E-state index in [4.69, 9.17) is 39.8 Å². The van der Waals surface area contributed by atoms with Gasteiger partial charge in [-0.05, 0) is 55.4 Å². The second kappa shape index (κ2) is 7.58. The van der Waals surface area contributed by atoms with Crippen LogP contribution in [0.25, 0.3) is 6.08 Å². The molecule has 1 aromatic carbocycles. The molecular formula is C19H15Cl2N3O3S. The van der Waals surface area contributed by atoms with Crippen LogP contribution in [-0.4, -0.2) is 30.0 Å². The summed E-state index contributed by atoms with van der Waals surface area (Å²) in [4.78, 5) is 28.7. The third-order valence-electron chi connectivity index (χ3n) is 4.58. The number of carbonyl (C=O) groups excluding carboxylic acids is 2. The maximum Gasteiger partial charge on any atom is 0.270 e. The number of hydrogen-bond acceptors (Lipinski definition) is 5. The van der Waals surface area contributed by atoms with E-state index in [1.807, 2.05) is 6.07 Å². The van der Waals surface area contributed by atoms with E-state index in [1.165, 1.54) is 17.0 Å². The number of halogens is 2. The number of anilines is 2. The molecule has 0 bridgehead atoms. The first kappa shape index (κ1) is 19.0. The average molecular weight is 436 g/mol. The van der Waals surface area contributed by atoms with Gasteiger partial charge in [0.25, 0.3) is 11.8 Å². The molecule has 0 unspecified atom stereocenters. The minimum atomic E-state index is -0.578. The SMILES string of the molecule is O=C1NC(=S)N(c2ccc(Cl)c(Cl)c2)C(=O)/C1=C/c1ccc(N2CCCC2)o1. The highest BCUT2D eigenvalue weighted by molar-refractivity contribution is 7.80. The van der Waals surface area contributed by atoms with Crippen molar-refractivity contribution in [3.05, 3.63) is 51.7 Å². The van der Waals surface area contributed by atoms with Crippen LogP contribution in [0.4, 0.5) is 11.6 Å². The van der Waals surface area contributed by atoms with Crippen molar-refractivity contribution in [2.75, 3.05) is 22.9 Å². The Labute approximate surface area is 176 Å². The molecule has 0 spiro atoms. The second-order valence-corrected chi connectivity index (χ2v) is 7.63. The van der Waals surface area contributed by atoms with E-state index in [0.29, 0.717) is 16.5 Å². The topological polar surface area (TPSA) is 65.8 Å². The van der Waals surface area contributed by atoms with Crippen LogP contribution in [0.2, 0.25) is 10.0 Å². The summed E-state index contributed by atoms with van der Waals surface area (Å²) in [7, 11) is 0. The first-order valence-electron chi connectivity index (χ1n) is 8.65. The van der Waals surface area contributed by atoms with Crippen molar-refractivity contribution in [2.45, 2.75) is 12.8 Å². The quantitative estimate of drug-likeness (QED) is 0.448. The van der Waals surface area contributed by atoms with Crippen molar-refractivity contribution in [3.8, 4) is 0 Å². The lowest BCUT2D eigenvalue weighted by atomic mass is 10.1. The third-order valence-corrected chi connectivity index (χ3v) is 5.60. The molecule has 2 aliphatic rings. The summed E-state index contributed by atoms with van der Waals surface area (Å²) in [6.07, 6.45) is 3.66. The molecule has 2 aromatic rings. The zero-order valence-corrected chi connectivity index (χ0v) is 16.9. The molecule has 0 aliphatic carbocycles. The largest absolute Gasteiger partial charge is 0.441 e. The highest BCUT2D eigenvalue weighted by atomic mass is 35.5. The summed E-state index contributed by atoms with van der Waals surface area (Å²) in [5, 5.41) is 3.13. The Kier molecular flexibility index (Phi) is 5.14. The number of nitrogens with zero attached hydrogens (tertiary/aromatic N) is 2. The van der Waals surface area contributed by atoms with Crippen molar-refractivity contribution in [1.29, 1.82) is 0 Å². The fraction of sp³-hybridized carbons (Fsp3) is 0.211. The molecule has 2 aliphatic heterocycles. The number of hydrogen-bond donors (Lipinski definition) is 1. The number of amides is 2. The highest BCUT2D eigenvalue weighted by Gasteiger charge is 2.35. The molecule has 2 saturated heterocycles. The van der Waals surface area contributed by atoms with E-state index in [9.17, 15) is 9.59 Å². The molecule has 1 N–H and O–H groups in total. The van der Waals surface area contributed by atoms with E-state index >= 15 is 0 Å². The zero-order valence-electron chi connectivity index (χ0n) is 14.6. The lowest BCUT2D eigenvalue weighted by Gasteiger charge is -2.29. The van der Waals surface area contributed by atoms with E-state index in [0.717, 1.165) is 31.8 Å². The van der Waals surface area contributed by atoms with Gasteiger partial charge in [-0.3, -0.25) is 19.8 Å². The van der Waals surface area contributed by atoms with Crippen LogP contribution in [0.3, 0.4) is 0 Å². The van der Waals surface area contributed by atoms with Crippen molar-refractivity contribution in [3.63, 3.8) is 0 Å². The molecule has 144 valence electrons. The van der Waals surface area contributed by atoms with E-state index in [-0.39, 0.29) is 15.7 Å². The van der Waals surface area contributed by atoms with Gasteiger partial charge in [0.1, 0.15) is 11.3 Å². The van der Waals surface area contributed by atoms with Crippen molar-refractivity contribution >= 4 is 70.0 Å². The van der Waals surface area contributed by atoms with Gasteiger partial charge in [-0.1, -0.05) is 23.2 Å². The van der Waals surface area contributed by atoms with Crippen LogP contribution in [0, 0.1) is 0 Å². The molecule has 4 rings (SSSR count). The predicted molar refractivity (Wildman–Crippen MR) is 113 cm³/mol. The Morgan fingerprint density at radius 1 is 1.07 bits per heavy atom. The fourth-order valence-electron chi connectivity index (χ4n) is 3.19. The molecule has 0 saturated carbocycles. The highest BCUT2D eigenvalue weighted by Crippen LogP contribution is 2.30. The van der Waals surface area contributed by atoms with Crippen molar-refractivity contribution in [2.24, 2.45) is 0 Å². The van der Waals surface area contributed by atoms with Crippen LogP contribution in [0.5, 0.6) is 0 Å². The van der Waals surface area contributed by atoms with Gasteiger partial charge in [-0.2, -0.15) is 0 Å². The molecule has 0 radical (unpaired) electrons. The Morgan fingerprint density at radius 3 is 2.54 bits per heavy atom. The number of thiocarbonyl (C=S) groups is 1. The van der Waals surface area contributed by atoms with Gasteiger partial charge in [0.15, 0.2) is 11.0 Å². The average Bonchev–Trinajstić information content (AvgIpc) is 3.33. The smallest absolute Gasteiger partial charge is 0.270 e. The molecule has 3 heterocycles. The minimum absolute atomic E-state index is 0.0252. The van der Waals surface area contributed by atoms with Crippen molar-refractivity contribution < 1.29 is 14.0 Å². The third kappa shape index (κ3) is 3.53. The van der Waals surface area contributed by atoms with Crippen LogP contribution < -0.4 is 15.1 Å². The van der Waals surface area contributed by atoms with Crippen LogP contribution in [0.15, 0.2) is 40.3 Å². The number of rotatable bonds is 3. The van der Waals surface area contributed by atoms with Crippen molar-refractivity contribution in [1.82, 2.24) is 5.32 Å². The van der Waals surface area contributed by atoms with Gasteiger partial charge < -0.3 is 9.32 Å². The summed E-state index contributed by atoms with van der Waals surface area (Å²) in [5.41, 5.74) is 0.328. The molecule has 0 atom stereocenters. The number of benzene rings is 1. The zero-order chi connectivity index (χ0) is 19.8. The number of carbonyl (C=O) groups is 2. The Bertz CT molecular complexity index is 1010. The fourth-order valence-corrected chi connectivity index (χ4v) is 3.76. The Morgan fingerprint density at radius 2 is 1.82 bits per heavy atom. The number of nitrogens with one attached hydrogen (secondary N) is 1. The summed E-state index contributed by atoms with van der Waals surface area (Å²) in [6.45, 7) is 1.87. The second-order valence-electron chi connectivity index (χ2n) is 6.43. The van der Waals surface area contributed by atoms with E-state index in [2.05, 4.69) is 10.2 Å². The van der Waals surface area contributed by atoms with Crippen LogP contribution >= 0.6 is 35.4 Å². The molecular weight excluding hydrogens is 421 g/mol. The standard InChI is InChI=1S/C19H15Cl2N3O3S/c20-14-5-3-11(9-15(14)21)24-18(26)13(17(25)22-19(24)28)10-12-4-6-16(27-12)23-7-1-2-8-23/h3-6,9-10H,1-2,7-8H2,(H,22,25,28)/b13-10+. The van der Waals surface area contributed by atoms with E-state index in [1.54, 1.807) is 18.2 Å². The summed E-state index contributed by atoms with van der Waals surface area (Å²) in [6, 6.07) is 8.25. The minimum Gasteiger partial charge on any atom is -0.441 e. The normalized spacial score (nSPS) is 18.9. The molecule has 28 heavy (non-hydrogen) atoms. The lowest BCUT2D eigenvalue weighted by Crippen LogP contribution is -2.54. The van der Waals surface area contributed by atoms with Crippen LogP contribution in [0.1, 0.15) is 18.6 Å². The lowest BCUT2D eigenvalue weighted by molar-refractivity contribution is -0.122. The molecule has 2 fully saturated rings. The number of furan rings is 1. The first-order chi connectivity index (χ1) is 13.4. The predicted octanol–water partition coefficient (Wildman–Crippen LogP) is 4.02. The molecule has 1 aromatic heterocycles. The summed E-state index contributed by atoms with van der Waals surface area (Å²) < 4.78 is 5.80. The maximum atomic E-state index is 13.0. The monoisotopic (exact) mass is 435 g/mol. The van der Waals surface area contributed by atoms with Gasteiger partial charge in [0.05, 0.1) is 15.7 Å². The molecule has 9 heteroatoms. The summed E-state index contributed by atoms with van der Waals surface area (Å²) >= 11 is 17.2. The Balaban J connectivity index is 1.65. The maximum absolute atomic E-state index is 13.0. The van der Waals surface area contributed by atoms with Gasteiger partial charge in [0, 0.05) is 19.2 Å². The first-order valence-corrected chi connectivity index (χ1v) is 9.82. The molecule has 2 amide bonds. The Hall–Kier alpha value is -2.35. The van der Waals surface area contributed by atoms with Gasteiger partial charge >= 0.3 is 0 Å².